The van der Waals surface area contributed by atoms with E-state index < -0.39 is 83.7 Å². The van der Waals surface area contributed by atoms with Crippen molar-refractivity contribution in [2.75, 3.05) is 32.2 Å². The summed E-state index contributed by atoms with van der Waals surface area (Å²) in [4.78, 5) is 61.9. The van der Waals surface area contributed by atoms with Gasteiger partial charge in [-0.25, -0.2) is 13.9 Å². The van der Waals surface area contributed by atoms with E-state index in [0.29, 0.717) is 19.3 Å². The number of anilines is 1. The van der Waals surface area contributed by atoms with Gasteiger partial charge in [-0.15, -0.1) is 0 Å². The van der Waals surface area contributed by atoms with Crippen LogP contribution in [-0.2, 0) is 46.3 Å². The Morgan fingerprint density at radius 3 is 1.79 bits per heavy atom. The molecule has 0 saturated carbocycles. The normalized spacial score (nSPS) is 19.5. The number of rotatable bonds is 43. The lowest BCUT2D eigenvalue weighted by Crippen LogP contribution is -2.36. The molecule has 2 rings (SSSR count). The van der Waals surface area contributed by atoms with Gasteiger partial charge in [-0.2, -0.15) is 9.29 Å². The Balaban J connectivity index is 1.81. The third-order valence-corrected chi connectivity index (χ3v) is 14.3. The smallest absolute Gasteiger partial charge is 0.462 e. The number of allylic oxidation sites excluding steroid dienone is 8. The molecule has 2 heterocycles. The van der Waals surface area contributed by atoms with E-state index >= 15 is 0 Å². The first-order valence-corrected chi connectivity index (χ1v) is 29.1. The van der Waals surface area contributed by atoms with Crippen molar-refractivity contribution in [1.82, 2.24) is 9.55 Å². The molecule has 1 fully saturated rings. The van der Waals surface area contributed by atoms with Crippen molar-refractivity contribution >= 4 is 33.4 Å². The largest absolute Gasteiger partial charge is 0.481 e. The van der Waals surface area contributed by atoms with Gasteiger partial charge in [0.25, 0.3) is 0 Å². The third kappa shape index (κ3) is 32.1. The molecule has 0 radical (unpaired) electrons. The number of nitrogens with zero attached hydrogens (tertiary/aromatic N) is 2. The van der Waals surface area contributed by atoms with Crippen LogP contribution in [0.1, 0.15) is 181 Å². The number of carbonyl (C=O) groups is 2. The topological polar surface area (TPSA) is 286 Å². The average molecular weight is 1060 g/mol. The zero-order chi connectivity index (χ0) is 52.9. The minimum atomic E-state index is -5.44. The van der Waals surface area contributed by atoms with Crippen LogP contribution in [0.15, 0.2) is 65.7 Å². The van der Waals surface area contributed by atoms with Gasteiger partial charge >= 0.3 is 33.3 Å². The van der Waals surface area contributed by atoms with Crippen molar-refractivity contribution < 1.29 is 71.4 Å². The Morgan fingerprint density at radius 1 is 0.708 bits per heavy atom. The van der Waals surface area contributed by atoms with Crippen LogP contribution >= 0.6 is 15.6 Å². The first-order chi connectivity index (χ1) is 34.5. The van der Waals surface area contributed by atoms with Gasteiger partial charge in [0, 0.05) is 25.6 Å². The van der Waals surface area contributed by atoms with Crippen molar-refractivity contribution in [3.8, 4) is 0 Å². The number of hydrogen-bond donors (Lipinski definition) is 6. The number of aromatic nitrogens is 2. The Labute approximate surface area is 427 Å². The summed E-state index contributed by atoms with van der Waals surface area (Å²) >= 11 is 0. The molecule has 1 aliphatic rings. The summed E-state index contributed by atoms with van der Waals surface area (Å²) in [5.41, 5.74) is 4.58. The molecular weight excluding hydrogens is 973 g/mol. The average Bonchev–Trinajstić information content (AvgIpc) is 3.60. The second kappa shape index (κ2) is 39.1. The van der Waals surface area contributed by atoms with Gasteiger partial charge in [0.1, 0.15) is 30.7 Å². The van der Waals surface area contributed by atoms with E-state index in [1.165, 1.54) is 63.9 Å². The molecule has 0 amide bonds. The number of carbonyl (C=O) groups excluding carboxylic acids is 2. The zero-order valence-corrected chi connectivity index (χ0v) is 44.6. The summed E-state index contributed by atoms with van der Waals surface area (Å²) in [7, 11) is -10.9. The minimum Gasteiger partial charge on any atom is -0.462 e. The van der Waals surface area contributed by atoms with Crippen LogP contribution in [0.3, 0.4) is 0 Å². The summed E-state index contributed by atoms with van der Waals surface area (Å²) in [6.45, 7) is 2.42. The first-order valence-electron chi connectivity index (χ1n) is 26.1. The van der Waals surface area contributed by atoms with E-state index in [4.69, 9.17) is 34.1 Å². The number of nitrogens with two attached hydrogens (primary N) is 1. The van der Waals surface area contributed by atoms with Crippen molar-refractivity contribution in [2.24, 2.45) is 5.92 Å². The van der Waals surface area contributed by atoms with Gasteiger partial charge in [0.05, 0.1) is 13.2 Å². The van der Waals surface area contributed by atoms with Crippen molar-refractivity contribution in [3.05, 3.63) is 71.4 Å². The van der Waals surface area contributed by atoms with Crippen molar-refractivity contribution in [2.45, 2.75) is 205 Å². The van der Waals surface area contributed by atoms with E-state index in [9.17, 15) is 43.5 Å². The van der Waals surface area contributed by atoms with E-state index in [-0.39, 0.29) is 25.3 Å². The summed E-state index contributed by atoms with van der Waals surface area (Å²) < 4.78 is 56.8. The SMILES string of the molecule is CC(C)CCCCCCCCCCCCCCCC(=O)O[C@H](COC(=O)CCC/C=C\C/C=C\C/C=C\C/C=C\CCCCCO)COP(=O)(O)OP(=O)(O)OC[C@H]1O[C@@H](n2ccc(N)nc2=O)[C@H](O)[C@@H]1O. The fourth-order valence-corrected chi connectivity index (χ4v) is 9.70. The number of esters is 2. The summed E-state index contributed by atoms with van der Waals surface area (Å²) in [6.07, 6.45) is 33.6. The maximum Gasteiger partial charge on any atom is 0.481 e. The van der Waals surface area contributed by atoms with Crippen LogP contribution in [0.4, 0.5) is 5.82 Å². The minimum absolute atomic E-state index is 0.0340. The highest BCUT2D eigenvalue weighted by Gasteiger charge is 2.46. The molecule has 21 heteroatoms. The molecular formula is C51H87N3O16P2. The Hall–Kier alpha value is -3.32. The molecule has 1 aromatic rings. The molecule has 1 aromatic heterocycles. The Morgan fingerprint density at radius 2 is 1.22 bits per heavy atom. The van der Waals surface area contributed by atoms with Crippen LogP contribution < -0.4 is 11.4 Å². The van der Waals surface area contributed by atoms with E-state index in [0.717, 1.165) is 87.3 Å². The quantitative estimate of drug-likeness (QED) is 0.0153. The highest BCUT2D eigenvalue weighted by atomic mass is 31.3. The van der Waals surface area contributed by atoms with Crippen LogP contribution in [0, 0.1) is 5.92 Å². The molecule has 0 aromatic carbocycles. The number of phosphoric ester groups is 2. The number of unbranched alkanes of at least 4 members (excludes halogenated alkanes) is 16. The predicted octanol–water partition coefficient (Wildman–Crippen LogP) is 9.78. The number of aliphatic hydroxyl groups is 3. The number of phosphoric acid groups is 2. The van der Waals surface area contributed by atoms with Gasteiger partial charge < -0.3 is 45.1 Å². The van der Waals surface area contributed by atoms with Crippen molar-refractivity contribution in [1.29, 1.82) is 0 Å². The number of hydrogen-bond acceptors (Lipinski definition) is 16. The number of ether oxygens (including phenoxy) is 3. The molecule has 0 aliphatic carbocycles. The maximum atomic E-state index is 12.9. The highest BCUT2D eigenvalue weighted by Crippen LogP contribution is 2.60. The fraction of sp³-hybridized carbons (Fsp3) is 0.725. The fourth-order valence-electron chi connectivity index (χ4n) is 7.59. The van der Waals surface area contributed by atoms with Crippen LogP contribution in [0.5, 0.6) is 0 Å². The van der Waals surface area contributed by atoms with Crippen LogP contribution in [0.2, 0.25) is 0 Å². The van der Waals surface area contributed by atoms with Gasteiger partial charge in [-0.3, -0.25) is 23.2 Å². The molecule has 0 spiro atoms. The lowest BCUT2D eigenvalue weighted by molar-refractivity contribution is -0.161. The van der Waals surface area contributed by atoms with Crippen LogP contribution in [-0.4, -0.2) is 97.4 Å². The molecule has 412 valence electrons. The molecule has 72 heavy (non-hydrogen) atoms. The monoisotopic (exact) mass is 1060 g/mol. The van der Waals surface area contributed by atoms with E-state index in [1.54, 1.807) is 0 Å². The van der Waals surface area contributed by atoms with Gasteiger partial charge in [0.2, 0.25) is 0 Å². The molecule has 19 nitrogen and oxygen atoms in total. The van der Waals surface area contributed by atoms with E-state index in [2.05, 4.69) is 59.6 Å². The molecule has 1 aliphatic heterocycles. The molecule has 7 N–H and O–H groups in total. The van der Waals surface area contributed by atoms with Gasteiger partial charge in [-0.1, -0.05) is 152 Å². The zero-order valence-electron chi connectivity index (χ0n) is 42.8. The Bertz CT molecular complexity index is 1910. The number of nitrogen functional groups attached to an aromatic ring is 1. The standard InChI is InChI=1S/C51H87N3O16P2/c1-42(2)33-29-25-21-17-13-9-8-11-15-19-23-27-31-35-47(57)68-43(39-65-46(56)34-30-26-22-18-14-10-6-4-3-5-7-12-16-20-24-28-32-38-55)40-66-71(61,62)70-72(63,64)67-41-44-48(58)49(59)50(69-44)54-37-36-45(52)53-51(54)60/h3,5-6,10,12,16,18,22,36-37,42-44,48-50,55,58-59H,4,7-9,11,13-15,17,19-21,23-35,38-41H2,1-2H3,(H,61,62)(H,63,64)(H2,52,53,60)/b5-3-,10-6-,16-12-,22-18-/t43-,44-,48-,49-,50-/m1/s1. The summed E-state index contributed by atoms with van der Waals surface area (Å²) in [5, 5.41) is 29.7. The first kappa shape index (κ1) is 64.8. The summed E-state index contributed by atoms with van der Waals surface area (Å²) in [6, 6.07) is 1.24. The van der Waals surface area contributed by atoms with Crippen molar-refractivity contribution in [3.63, 3.8) is 0 Å². The lowest BCUT2D eigenvalue weighted by atomic mass is 10.0. The molecule has 7 atom stereocenters. The lowest BCUT2D eigenvalue weighted by Gasteiger charge is -2.21. The second-order valence-corrected chi connectivity index (χ2v) is 21.6. The third-order valence-electron chi connectivity index (χ3n) is 11.6. The predicted molar refractivity (Wildman–Crippen MR) is 276 cm³/mol. The summed E-state index contributed by atoms with van der Waals surface area (Å²) in [5.74, 6) is -0.598. The van der Waals surface area contributed by atoms with Gasteiger partial charge in [-0.05, 0) is 69.8 Å². The molecule has 1 saturated heterocycles. The molecule has 0 bridgehead atoms. The Kier molecular flexibility index (Phi) is 35.2. The van der Waals surface area contributed by atoms with Gasteiger partial charge in [0.15, 0.2) is 12.3 Å². The van der Waals surface area contributed by atoms with Crippen LogP contribution in [0.25, 0.3) is 0 Å². The maximum absolute atomic E-state index is 12.9. The molecule has 2 unspecified atom stereocenters. The highest BCUT2D eigenvalue weighted by molar-refractivity contribution is 7.61. The van der Waals surface area contributed by atoms with E-state index in [1.807, 2.05) is 12.2 Å². The second-order valence-electron chi connectivity index (χ2n) is 18.6. The number of aliphatic hydroxyl groups excluding tert-OH is 3.